The van der Waals surface area contributed by atoms with Crippen molar-refractivity contribution in [2.45, 2.75) is 44.9 Å². The predicted octanol–water partition coefficient (Wildman–Crippen LogP) is 1.82. The van der Waals surface area contributed by atoms with E-state index in [0.29, 0.717) is 18.9 Å². The summed E-state index contributed by atoms with van der Waals surface area (Å²) in [5, 5.41) is 0. The van der Waals surface area contributed by atoms with Crippen molar-refractivity contribution < 1.29 is 17.6 Å². The monoisotopic (exact) mass is 404 g/mol. The van der Waals surface area contributed by atoms with Gasteiger partial charge in [-0.05, 0) is 36.3 Å². The van der Waals surface area contributed by atoms with Crippen molar-refractivity contribution in [2.75, 3.05) is 6.61 Å². The van der Waals surface area contributed by atoms with Crippen molar-refractivity contribution >= 4 is 10.9 Å². The van der Waals surface area contributed by atoms with Crippen LogP contribution in [-0.4, -0.2) is 26.0 Å². The molecule has 7 nitrogen and oxygen atoms in total. The summed E-state index contributed by atoms with van der Waals surface area (Å²) in [5.74, 6) is 1.06. The molecule has 1 N–H and O–H groups in total. The first-order valence-corrected chi connectivity index (χ1v) is 10.7. The highest BCUT2D eigenvalue weighted by Gasteiger charge is 2.26. The van der Waals surface area contributed by atoms with Crippen LogP contribution in [0.3, 0.4) is 0 Å². The number of thiol groups is 1. The van der Waals surface area contributed by atoms with Crippen LogP contribution in [-0.2, 0) is 30.5 Å². The average molecular weight is 404 g/mol. The molecule has 1 saturated carbocycles. The lowest BCUT2D eigenvalue weighted by molar-refractivity contribution is 0.229. The fourth-order valence-electron chi connectivity index (χ4n) is 4.06. The van der Waals surface area contributed by atoms with Crippen LogP contribution in [0.15, 0.2) is 45.8 Å². The standard InChI is InChI=1S/C20H24N2O5S/c23-19-8-18(11-22-9-15-3-1-2-4-16(15)10-22)26-13-20(19)27-12-14-5-6-17(7-14)21-28(24)25/h1-4,8,13-14,17,28H,5-7,9-12H2,(H,21,24,25)/t14?,17-/m1/s1. The molecule has 2 heterocycles. The highest BCUT2D eigenvalue weighted by Crippen LogP contribution is 2.26. The van der Waals surface area contributed by atoms with Gasteiger partial charge in [-0.3, -0.25) is 9.69 Å². The molecule has 2 atom stereocenters. The van der Waals surface area contributed by atoms with E-state index < -0.39 is 10.9 Å². The molecule has 1 unspecified atom stereocenters. The fraction of sp³-hybridized carbons (Fsp3) is 0.450. The largest absolute Gasteiger partial charge is 0.486 e. The quantitative estimate of drug-likeness (QED) is 0.685. The van der Waals surface area contributed by atoms with Crippen molar-refractivity contribution in [3.05, 3.63) is 63.7 Å². The lowest BCUT2D eigenvalue weighted by Gasteiger charge is -2.14. The number of nitrogens with zero attached hydrogens (tertiary/aromatic N) is 1. The van der Waals surface area contributed by atoms with Crippen molar-refractivity contribution in [1.82, 2.24) is 9.62 Å². The van der Waals surface area contributed by atoms with Gasteiger partial charge in [-0.15, -0.1) is 0 Å². The van der Waals surface area contributed by atoms with Crippen molar-refractivity contribution in [1.29, 1.82) is 0 Å². The first-order valence-electron chi connectivity index (χ1n) is 9.51. The fourth-order valence-corrected chi connectivity index (χ4v) is 4.60. The lowest BCUT2D eigenvalue weighted by Crippen LogP contribution is -2.25. The Hall–Kier alpha value is -2.16. The Balaban J connectivity index is 1.30. The minimum Gasteiger partial charge on any atom is -0.486 e. The second-order valence-electron chi connectivity index (χ2n) is 7.56. The van der Waals surface area contributed by atoms with Crippen molar-refractivity contribution in [3.8, 4) is 5.75 Å². The Morgan fingerprint density at radius 3 is 2.61 bits per heavy atom. The highest BCUT2D eigenvalue weighted by molar-refractivity contribution is 7.70. The number of rotatable bonds is 7. The van der Waals surface area contributed by atoms with Gasteiger partial charge in [0.1, 0.15) is 12.0 Å². The van der Waals surface area contributed by atoms with Gasteiger partial charge in [0.25, 0.3) is 0 Å². The minimum atomic E-state index is -2.57. The van der Waals surface area contributed by atoms with E-state index in [1.54, 1.807) is 0 Å². The van der Waals surface area contributed by atoms with Gasteiger partial charge in [0.15, 0.2) is 0 Å². The molecule has 0 bridgehead atoms. The molecular formula is C20H24N2O5S. The zero-order valence-electron chi connectivity index (χ0n) is 15.5. The molecule has 2 aliphatic rings. The van der Waals surface area contributed by atoms with Crippen LogP contribution >= 0.6 is 0 Å². The predicted molar refractivity (Wildman–Crippen MR) is 104 cm³/mol. The molecule has 8 heteroatoms. The zero-order valence-corrected chi connectivity index (χ0v) is 16.4. The number of hydrogen-bond acceptors (Lipinski definition) is 6. The van der Waals surface area contributed by atoms with E-state index in [2.05, 4.69) is 21.8 Å². The maximum Gasteiger partial charge on any atom is 0.227 e. The molecule has 1 aliphatic carbocycles. The third-order valence-electron chi connectivity index (χ3n) is 5.44. The second kappa shape index (κ2) is 8.46. The second-order valence-corrected chi connectivity index (χ2v) is 8.33. The van der Waals surface area contributed by atoms with E-state index in [4.69, 9.17) is 9.15 Å². The molecule has 1 aromatic carbocycles. The van der Waals surface area contributed by atoms with E-state index in [1.165, 1.54) is 23.5 Å². The number of fused-ring (bicyclic) bond motifs is 1. The van der Waals surface area contributed by atoms with Gasteiger partial charge in [0.05, 0.1) is 13.2 Å². The molecule has 1 aliphatic heterocycles. The Morgan fingerprint density at radius 2 is 1.93 bits per heavy atom. The summed E-state index contributed by atoms with van der Waals surface area (Å²) in [4.78, 5) is 14.6. The Labute approximate surface area is 165 Å². The number of nitrogens with one attached hydrogen (secondary N) is 1. The molecule has 4 rings (SSSR count). The third-order valence-corrected chi connectivity index (χ3v) is 6.02. The van der Waals surface area contributed by atoms with E-state index in [0.717, 1.165) is 32.4 Å². The molecule has 28 heavy (non-hydrogen) atoms. The van der Waals surface area contributed by atoms with E-state index in [-0.39, 0.29) is 23.1 Å². The molecule has 0 amide bonds. The maximum atomic E-state index is 12.4. The molecular weight excluding hydrogens is 380 g/mol. The highest BCUT2D eigenvalue weighted by atomic mass is 32.2. The molecule has 1 aromatic heterocycles. The van der Waals surface area contributed by atoms with Crippen LogP contribution in [0.4, 0.5) is 0 Å². The maximum absolute atomic E-state index is 12.4. The van der Waals surface area contributed by atoms with Gasteiger partial charge < -0.3 is 9.15 Å². The summed E-state index contributed by atoms with van der Waals surface area (Å²) < 4.78 is 35.3. The van der Waals surface area contributed by atoms with Gasteiger partial charge in [-0.1, -0.05) is 24.3 Å². The van der Waals surface area contributed by atoms with Crippen LogP contribution < -0.4 is 14.9 Å². The molecule has 0 spiro atoms. The van der Waals surface area contributed by atoms with Crippen LogP contribution in [0, 0.1) is 5.92 Å². The summed E-state index contributed by atoms with van der Waals surface area (Å²) in [6.45, 7) is 2.67. The van der Waals surface area contributed by atoms with Crippen LogP contribution in [0.1, 0.15) is 36.1 Å². The molecule has 2 aromatic rings. The Bertz CT molecular complexity index is 938. The van der Waals surface area contributed by atoms with E-state index in [1.807, 2.05) is 12.1 Å². The summed E-state index contributed by atoms with van der Waals surface area (Å²) in [5.41, 5.74) is 2.44. The summed E-state index contributed by atoms with van der Waals surface area (Å²) in [7, 11) is -2.57. The first-order chi connectivity index (χ1) is 13.6. The van der Waals surface area contributed by atoms with Crippen molar-refractivity contribution in [3.63, 3.8) is 0 Å². The smallest absolute Gasteiger partial charge is 0.227 e. The van der Waals surface area contributed by atoms with Crippen LogP contribution in [0.5, 0.6) is 5.75 Å². The number of ether oxygens (including phenoxy) is 1. The molecule has 150 valence electrons. The average Bonchev–Trinajstić information content (AvgIpc) is 3.26. The SMILES string of the molecule is O=c1cc(CN2Cc3ccccc3C2)occ1OCC1CC[C@@H](N[SH](=O)=O)C1. The van der Waals surface area contributed by atoms with Gasteiger partial charge in [0.2, 0.25) is 22.1 Å². The van der Waals surface area contributed by atoms with Gasteiger partial charge in [-0.2, -0.15) is 0 Å². The Morgan fingerprint density at radius 1 is 1.18 bits per heavy atom. The Kier molecular flexibility index (Phi) is 5.79. The van der Waals surface area contributed by atoms with Gasteiger partial charge >= 0.3 is 0 Å². The summed E-state index contributed by atoms with van der Waals surface area (Å²) in [6.07, 6.45) is 3.78. The summed E-state index contributed by atoms with van der Waals surface area (Å²) >= 11 is 0. The third kappa shape index (κ3) is 4.63. The molecule has 0 saturated heterocycles. The van der Waals surface area contributed by atoms with Gasteiger partial charge in [-0.25, -0.2) is 13.1 Å². The van der Waals surface area contributed by atoms with Crippen molar-refractivity contribution in [2.24, 2.45) is 5.92 Å². The number of hydrogen-bond donors (Lipinski definition) is 2. The van der Waals surface area contributed by atoms with Crippen LogP contribution in [0.2, 0.25) is 0 Å². The van der Waals surface area contributed by atoms with E-state index in [9.17, 15) is 13.2 Å². The topological polar surface area (TPSA) is 88.8 Å². The minimum absolute atomic E-state index is 0.0296. The normalized spacial score (nSPS) is 21.9. The first kappa shape index (κ1) is 19.2. The molecule has 1 fully saturated rings. The lowest BCUT2D eigenvalue weighted by atomic mass is 10.1. The van der Waals surface area contributed by atoms with Crippen LogP contribution in [0.25, 0.3) is 0 Å². The van der Waals surface area contributed by atoms with Gasteiger partial charge in [0, 0.05) is 25.2 Å². The molecule has 0 radical (unpaired) electrons. The van der Waals surface area contributed by atoms with E-state index >= 15 is 0 Å². The summed E-state index contributed by atoms with van der Waals surface area (Å²) in [6, 6.07) is 9.80. The number of benzene rings is 1. The zero-order chi connectivity index (χ0) is 19.5.